The van der Waals surface area contributed by atoms with Crippen LogP contribution in [0.25, 0.3) is 11.1 Å². The third-order valence-electron chi connectivity index (χ3n) is 13.4. The Bertz CT molecular complexity index is 1550. The second-order valence-corrected chi connectivity index (χ2v) is 16.0. The van der Waals surface area contributed by atoms with Gasteiger partial charge in [0.15, 0.2) is 0 Å². The van der Waals surface area contributed by atoms with Crippen LogP contribution in [-0.2, 0) is 19.1 Å². The first-order valence-corrected chi connectivity index (χ1v) is 18.0. The van der Waals surface area contributed by atoms with Crippen LogP contribution in [0.1, 0.15) is 103 Å². The molecule has 1 amide bonds. The summed E-state index contributed by atoms with van der Waals surface area (Å²) < 4.78 is 11.9. The van der Waals surface area contributed by atoms with E-state index in [0.29, 0.717) is 23.5 Å². The summed E-state index contributed by atoms with van der Waals surface area (Å²) in [6.07, 6.45) is 9.91. The fraction of sp³-hybridized carbons (Fsp3) is 0.585. The van der Waals surface area contributed by atoms with E-state index in [4.69, 9.17) is 9.47 Å². The fourth-order valence-electron chi connectivity index (χ4n) is 10.9. The van der Waals surface area contributed by atoms with E-state index >= 15 is 0 Å². The quantitative estimate of drug-likeness (QED) is 0.243. The van der Waals surface area contributed by atoms with Gasteiger partial charge in [0.1, 0.15) is 24.5 Å². The molecule has 5 aliphatic carbocycles. The van der Waals surface area contributed by atoms with Gasteiger partial charge in [0.05, 0.1) is 0 Å². The van der Waals surface area contributed by atoms with E-state index in [1.807, 2.05) is 38.1 Å². The number of amides is 1. The SMILES string of the molecule is CC(=O)[C@@H]1CCC2C3CCC4=C[C@H](OC(=O)[C@@H](NC(=O)OCC5c6ccccc6-c6ccccc65)C(C)C)CC[C@@]4(C)C3CC[C@]21C. The van der Waals surface area contributed by atoms with Crippen LogP contribution in [0.4, 0.5) is 4.79 Å². The average molecular weight is 638 g/mol. The fourth-order valence-corrected chi connectivity index (χ4v) is 10.9. The highest BCUT2D eigenvalue weighted by atomic mass is 16.6. The number of hydrogen-bond donors (Lipinski definition) is 1. The van der Waals surface area contributed by atoms with Crippen molar-refractivity contribution in [2.75, 3.05) is 6.61 Å². The molecule has 8 atom stereocenters. The number of hydrogen-bond acceptors (Lipinski definition) is 5. The zero-order chi connectivity index (χ0) is 33.1. The molecule has 3 saturated carbocycles. The topological polar surface area (TPSA) is 81.7 Å². The molecule has 3 unspecified atom stereocenters. The maximum absolute atomic E-state index is 13.5. The first-order chi connectivity index (χ1) is 22.5. The minimum Gasteiger partial charge on any atom is -0.457 e. The largest absolute Gasteiger partial charge is 0.457 e. The Balaban J connectivity index is 0.981. The third kappa shape index (κ3) is 5.44. The van der Waals surface area contributed by atoms with Crippen LogP contribution in [-0.4, -0.2) is 36.6 Å². The molecule has 2 aromatic carbocycles. The molecule has 0 spiro atoms. The van der Waals surface area contributed by atoms with Crippen LogP contribution in [0.2, 0.25) is 0 Å². The molecule has 0 radical (unpaired) electrons. The number of nitrogens with one attached hydrogen (secondary N) is 1. The second kappa shape index (κ2) is 12.2. The summed E-state index contributed by atoms with van der Waals surface area (Å²) in [7, 11) is 0. The standard InChI is InChI=1S/C41H51NO5/c1-24(2)37(42-39(45)46-23-33-30-12-8-6-10-28(30)29-11-7-9-13-31(29)33)38(44)47-27-18-20-40(4)26(22-27)14-15-32-35-17-16-34(25(3)43)41(35,5)21-19-36(32)40/h6-13,22,24,27,32-37H,14-21,23H2,1-5H3,(H,42,45)/t27-,32?,34+,35?,36?,37+,40-,41+/m1/s1. The number of fused-ring (bicyclic) bond motifs is 8. The van der Waals surface area contributed by atoms with Gasteiger partial charge < -0.3 is 14.8 Å². The number of rotatable bonds is 7. The van der Waals surface area contributed by atoms with Gasteiger partial charge in [-0.1, -0.05) is 81.8 Å². The molecule has 5 aliphatic rings. The molecule has 0 bridgehead atoms. The lowest BCUT2D eigenvalue weighted by Crippen LogP contribution is -2.51. The Labute approximate surface area is 280 Å². The molecule has 1 N–H and O–H groups in total. The van der Waals surface area contributed by atoms with Crippen molar-refractivity contribution in [1.82, 2.24) is 5.32 Å². The van der Waals surface area contributed by atoms with Gasteiger partial charge in [-0.25, -0.2) is 9.59 Å². The van der Waals surface area contributed by atoms with Gasteiger partial charge in [-0.15, -0.1) is 0 Å². The van der Waals surface area contributed by atoms with Gasteiger partial charge in [-0.3, -0.25) is 4.79 Å². The number of benzene rings is 2. The Hall–Kier alpha value is -3.41. The van der Waals surface area contributed by atoms with Gasteiger partial charge in [0.2, 0.25) is 0 Å². The van der Waals surface area contributed by atoms with E-state index < -0.39 is 18.1 Å². The van der Waals surface area contributed by atoms with Crippen molar-refractivity contribution in [2.45, 2.75) is 104 Å². The minimum atomic E-state index is -0.791. The highest BCUT2D eigenvalue weighted by Crippen LogP contribution is 2.66. The summed E-state index contributed by atoms with van der Waals surface area (Å²) >= 11 is 0. The van der Waals surface area contributed by atoms with E-state index in [2.05, 4.69) is 49.5 Å². The van der Waals surface area contributed by atoms with Crippen molar-refractivity contribution in [2.24, 2.45) is 40.4 Å². The second-order valence-electron chi connectivity index (χ2n) is 16.0. The Morgan fingerprint density at radius 1 is 0.872 bits per heavy atom. The number of ether oxygens (including phenoxy) is 2. The normalized spacial score (nSPS) is 33.0. The van der Waals surface area contributed by atoms with Crippen molar-refractivity contribution in [3.05, 3.63) is 71.3 Å². The first-order valence-electron chi connectivity index (χ1n) is 18.0. The molecular formula is C41H51NO5. The average Bonchev–Trinajstić information content (AvgIpc) is 3.57. The number of carbonyl (C=O) groups excluding carboxylic acids is 3. The first kappa shape index (κ1) is 32.2. The molecule has 6 nitrogen and oxygen atoms in total. The number of Topliss-reactive ketones (excluding diaryl/α,β-unsaturated/α-hetero) is 1. The predicted molar refractivity (Wildman–Crippen MR) is 183 cm³/mol. The van der Waals surface area contributed by atoms with E-state index in [9.17, 15) is 14.4 Å². The number of ketones is 1. The van der Waals surface area contributed by atoms with Crippen LogP contribution in [0.3, 0.4) is 0 Å². The summed E-state index contributed by atoms with van der Waals surface area (Å²) in [6.45, 7) is 10.7. The van der Waals surface area contributed by atoms with Crippen molar-refractivity contribution in [1.29, 1.82) is 0 Å². The van der Waals surface area contributed by atoms with Crippen LogP contribution in [0, 0.1) is 40.4 Å². The lowest BCUT2D eigenvalue weighted by molar-refractivity contribution is -0.152. The van der Waals surface area contributed by atoms with Crippen molar-refractivity contribution in [3.63, 3.8) is 0 Å². The van der Waals surface area contributed by atoms with Crippen LogP contribution >= 0.6 is 0 Å². The Kier molecular flexibility index (Phi) is 8.37. The van der Waals surface area contributed by atoms with E-state index in [1.54, 1.807) is 6.92 Å². The highest BCUT2D eigenvalue weighted by molar-refractivity contribution is 5.82. The van der Waals surface area contributed by atoms with Crippen molar-refractivity contribution >= 4 is 17.8 Å². The molecule has 0 heterocycles. The molecule has 47 heavy (non-hydrogen) atoms. The summed E-state index contributed by atoms with van der Waals surface area (Å²) in [5.74, 6) is 1.95. The Morgan fingerprint density at radius 3 is 2.21 bits per heavy atom. The molecule has 0 aliphatic heterocycles. The van der Waals surface area contributed by atoms with E-state index in [0.717, 1.165) is 49.7 Å². The predicted octanol–water partition coefficient (Wildman–Crippen LogP) is 8.63. The molecular weight excluding hydrogens is 586 g/mol. The Morgan fingerprint density at radius 2 is 1.55 bits per heavy atom. The summed E-state index contributed by atoms with van der Waals surface area (Å²) in [5, 5.41) is 2.83. The van der Waals surface area contributed by atoms with Gasteiger partial charge >= 0.3 is 12.1 Å². The maximum Gasteiger partial charge on any atom is 0.407 e. The molecule has 0 saturated heterocycles. The number of carbonyl (C=O) groups is 3. The summed E-state index contributed by atoms with van der Waals surface area (Å²) in [6, 6.07) is 15.7. The van der Waals surface area contributed by atoms with E-state index in [1.165, 1.54) is 29.5 Å². The monoisotopic (exact) mass is 637 g/mol. The van der Waals surface area contributed by atoms with E-state index in [-0.39, 0.29) is 41.3 Å². The van der Waals surface area contributed by atoms with Crippen LogP contribution in [0.5, 0.6) is 0 Å². The highest BCUT2D eigenvalue weighted by Gasteiger charge is 2.59. The molecule has 6 heteroatoms. The zero-order valence-electron chi connectivity index (χ0n) is 28.7. The van der Waals surface area contributed by atoms with Gasteiger partial charge in [0, 0.05) is 11.8 Å². The third-order valence-corrected chi connectivity index (χ3v) is 13.4. The van der Waals surface area contributed by atoms with Crippen molar-refractivity contribution < 1.29 is 23.9 Å². The summed E-state index contributed by atoms with van der Waals surface area (Å²) in [4.78, 5) is 39.1. The minimum absolute atomic E-state index is 0.0435. The maximum atomic E-state index is 13.5. The number of alkyl carbamates (subject to hydrolysis) is 1. The smallest absolute Gasteiger partial charge is 0.407 e. The summed E-state index contributed by atoms with van der Waals surface area (Å²) in [5.41, 5.74) is 6.38. The number of allylic oxidation sites excluding steroid dienone is 1. The lowest BCUT2D eigenvalue weighted by atomic mass is 9.46. The van der Waals surface area contributed by atoms with Crippen LogP contribution < -0.4 is 5.32 Å². The van der Waals surface area contributed by atoms with Crippen LogP contribution in [0.15, 0.2) is 60.2 Å². The molecule has 0 aromatic heterocycles. The molecule has 3 fully saturated rings. The lowest BCUT2D eigenvalue weighted by Gasteiger charge is -2.58. The number of esters is 1. The van der Waals surface area contributed by atoms with Gasteiger partial charge in [-0.05, 0) is 121 Å². The molecule has 250 valence electrons. The van der Waals surface area contributed by atoms with Crippen molar-refractivity contribution in [3.8, 4) is 11.1 Å². The van der Waals surface area contributed by atoms with Gasteiger partial charge in [0.25, 0.3) is 0 Å². The zero-order valence-corrected chi connectivity index (χ0v) is 28.7. The molecule has 7 rings (SSSR count). The molecule has 2 aromatic rings. The van der Waals surface area contributed by atoms with Gasteiger partial charge in [-0.2, -0.15) is 0 Å².